The van der Waals surface area contributed by atoms with Crippen molar-refractivity contribution in [3.8, 4) is 0 Å². The fourth-order valence-corrected chi connectivity index (χ4v) is 0. The van der Waals surface area contributed by atoms with Gasteiger partial charge in [-0.05, 0) is 0 Å². The molecule has 7 heavy (non-hydrogen) atoms. The molecule has 4 N–H and O–H groups in total. The van der Waals surface area contributed by atoms with Gasteiger partial charge in [-0.1, -0.05) is 0 Å². The van der Waals surface area contributed by atoms with Gasteiger partial charge in [0.15, 0.2) is 0 Å². The zero-order chi connectivity index (χ0) is 4.50. The molecule has 0 aromatic carbocycles. The van der Waals surface area contributed by atoms with Crippen LogP contribution in [0, 0.1) is 0 Å². The predicted molar refractivity (Wildman–Crippen MR) is 32.2 cm³/mol. The maximum atomic E-state index is 7.33. The number of hydrogen-bond donors (Lipinski definition) is 4. The van der Waals surface area contributed by atoms with Crippen molar-refractivity contribution in [1.82, 2.24) is 0 Å². The number of hydrogen-bond acceptors (Lipinski definition) is 4. The Hall–Kier alpha value is 1.41. The summed E-state index contributed by atoms with van der Waals surface area (Å²) < 4.78 is 0. The molecule has 0 rings (SSSR count). The molecule has 0 saturated carbocycles. The Kier molecular flexibility index (Phi) is 12.5. The molecule has 4 nitrogen and oxygen atoms in total. The van der Waals surface area contributed by atoms with Gasteiger partial charge in [-0.15, -0.1) is 0 Å². The molecule has 7 heteroatoms. The first-order valence-electron chi connectivity index (χ1n) is 0.894. The summed E-state index contributed by atoms with van der Waals surface area (Å²) in [6.45, 7) is 0. The second kappa shape index (κ2) is 5.54. The van der Waals surface area contributed by atoms with Crippen molar-refractivity contribution < 1.29 is 19.2 Å². The molecule has 0 aromatic rings. The topological polar surface area (TPSA) is 80.9 Å². The summed E-state index contributed by atoms with van der Waals surface area (Å²) in [5, 5.41) is 0. The third-order valence-corrected chi connectivity index (χ3v) is 0. The zero-order valence-corrected chi connectivity index (χ0v) is 4.79. The first-order valence-corrected chi connectivity index (χ1v) is 2.68. The Balaban J connectivity index is -0.0000000800. The molecule has 0 aliphatic carbocycles. The number of rotatable bonds is 0. The summed E-state index contributed by atoms with van der Waals surface area (Å²) in [7, 11) is -4.61. The van der Waals surface area contributed by atoms with E-state index >= 15 is 0 Å². The summed E-state index contributed by atoms with van der Waals surface area (Å²) in [6, 6.07) is 0. The van der Waals surface area contributed by atoms with Crippen molar-refractivity contribution in [2.24, 2.45) is 0 Å². The average Bonchev–Trinajstić information content (AvgIpc) is 0.722. The molecule has 0 aliphatic heterocycles. The van der Waals surface area contributed by atoms with Gasteiger partial charge in [-0.3, -0.25) is 0 Å². The van der Waals surface area contributed by atoms with Crippen LogP contribution in [0.2, 0.25) is 0 Å². The van der Waals surface area contributed by atoms with Gasteiger partial charge in [0.1, 0.15) is 0 Å². The third-order valence-electron chi connectivity index (χ3n) is 0. The first-order chi connectivity index (χ1) is 2.00. The van der Waals surface area contributed by atoms with Crippen molar-refractivity contribution in [3.05, 3.63) is 0 Å². The molecule has 0 aliphatic rings. The summed E-state index contributed by atoms with van der Waals surface area (Å²) in [5.74, 6) is 0. The van der Waals surface area contributed by atoms with Crippen LogP contribution in [0.5, 0.6) is 0 Å². The van der Waals surface area contributed by atoms with Crippen LogP contribution >= 0.6 is 13.5 Å². The van der Waals surface area contributed by atoms with Crippen LogP contribution in [0.15, 0.2) is 0 Å². The van der Waals surface area contributed by atoms with Crippen LogP contribution in [0.3, 0.4) is 0 Å². The molecular weight excluding hydrogens is 147 g/mol. The standard InChI is InChI=1S/Na.H4O4Si.H2S.H/c;1-5(2,3)4;;/h;1-4H;1H2;. The SMILES string of the molecule is O[Si](O)(O)O.S.[NaH]. The van der Waals surface area contributed by atoms with Gasteiger partial charge in [0.05, 0.1) is 0 Å². The van der Waals surface area contributed by atoms with Gasteiger partial charge in [-0.25, -0.2) is 0 Å². The summed E-state index contributed by atoms with van der Waals surface area (Å²) in [5.41, 5.74) is 0. The maximum absolute atomic E-state index is 7.33. The van der Waals surface area contributed by atoms with Gasteiger partial charge in [0.2, 0.25) is 0 Å². The van der Waals surface area contributed by atoms with E-state index in [9.17, 15) is 0 Å². The van der Waals surface area contributed by atoms with E-state index in [1.54, 1.807) is 0 Å². The van der Waals surface area contributed by atoms with E-state index in [1.165, 1.54) is 0 Å². The second-order valence-corrected chi connectivity index (χ2v) is 1.80. The molecule has 0 radical (unpaired) electrons. The second-order valence-electron chi connectivity index (χ2n) is 0.600. The average molecular weight is 154 g/mol. The fraction of sp³-hybridized carbons (Fsp3) is 0. The molecule has 0 heterocycles. The molecule has 42 valence electrons. The van der Waals surface area contributed by atoms with E-state index in [1.807, 2.05) is 0 Å². The summed E-state index contributed by atoms with van der Waals surface area (Å²) in [4.78, 5) is 29.3. The molecule has 0 saturated heterocycles. The predicted octanol–water partition coefficient (Wildman–Crippen LogP) is -3.14. The third kappa shape index (κ3) is 109. The molecule has 0 spiro atoms. The van der Waals surface area contributed by atoms with Crippen LogP contribution in [0.25, 0.3) is 0 Å². The molecule has 0 aromatic heterocycles. The van der Waals surface area contributed by atoms with Crippen molar-refractivity contribution in [2.45, 2.75) is 0 Å². The Morgan fingerprint density at radius 2 is 0.857 bits per heavy atom. The quantitative estimate of drug-likeness (QED) is 0.278. The van der Waals surface area contributed by atoms with Crippen molar-refractivity contribution in [1.29, 1.82) is 0 Å². The first kappa shape index (κ1) is 15.8. The molecule has 0 fully saturated rings. The molecule has 0 atom stereocenters. The van der Waals surface area contributed by atoms with Gasteiger partial charge in [-0.2, -0.15) is 13.5 Å². The van der Waals surface area contributed by atoms with E-state index in [0.29, 0.717) is 0 Å². The molecule has 0 unspecified atom stereocenters. The normalized spacial score (nSPS) is 8.57. The van der Waals surface area contributed by atoms with Crippen LogP contribution < -0.4 is 0 Å². The van der Waals surface area contributed by atoms with Crippen LogP contribution in [0.4, 0.5) is 0 Å². The van der Waals surface area contributed by atoms with Gasteiger partial charge in [0, 0.05) is 0 Å². The monoisotopic (exact) mass is 154 g/mol. The van der Waals surface area contributed by atoms with E-state index in [2.05, 4.69) is 0 Å². The Morgan fingerprint density at radius 3 is 0.857 bits per heavy atom. The van der Waals surface area contributed by atoms with E-state index in [4.69, 9.17) is 19.2 Å². The Bertz CT molecular complexity index is 27.2. The van der Waals surface area contributed by atoms with Crippen LogP contribution in [-0.2, 0) is 0 Å². The van der Waals surface area contributed by atoms with E-state index in [0.717, 1.165) is 0 Å². The Morgan fingerprint density at radius 1 is 0.857 bits per heavy atom. The fourth-order valence-electron chi connectivity index (χ4n) is 0. The molecule has 0 amide bonds. The minimum atomic E-state index is -4.61. The molecule has 0 bridgehead atoms. The van der Waals surface area contributed by atoms with Gasteiger partial charge >= 0.3 is 38.6 Å². The summed E-state index contributed by atoms with van der Waals surface area (Å²) >= 11 is 0. The van der Waals surface area contributed by atoms with Crippen molar-refractivity contribution >= 4 is 52.1 Å². The zero-order valence-electron chi connectivity index (χ0n) is 2.79. The van der Waals surface area contributed by atoms with Crippen molar-refractivity contribution in [3.63, 3.8) is 0 Å². The van der Waals surface area contributed by atoms with E-state index in [-0.39, 0.29) is 43.1 Å². The van der Waals surface area contributed by atoms with Gasteiger partial charge in [0.25, 0.3) is 0 Å². The van der Waals surface area contributed by atoms with E-state index < -0.39 is 9.05 Å². The van der Waals surface area contributed by atoms with Crippen molar-refractivity contribution in [2.75, 3.05) is 0 Å². The minimum absolute atomic E-state index is 0. The Labute approximate surface area is 71.0 Å². The van der Waals surface area contributed by atoms with Crippen LogP contribution in [0.1, 0.15) is 0 Å². The molecular formula is H7NaO4SSi. The summed E-state index contributed by atoms with van der Waals surface area (Å²) in [6.07, 6.45) is 0. The van der Waals surface area contributed by atoms with Crippen LogP contribution in [-0.4, -0.2) is 57.8 Å². The van der Waals surface area contributed by atoms with Gasteiger partial charge < -0.3 is 19.2 Å².